The summed E-state index contributed by atoms with van der Waals surface area (Å²) in [7, 11) is 0. The number of nitrogens with one attached hydrogen (secondary N) is 1. The van der Waals surface area contributed by atoms with Crippen LogP contribution in [0.3, 0.4) is 0 Å². The Morgan fingerprint density at radius 3 is 2.29 bits per heavy atom. The predicted molar refractivity (Wildman–Crippen MR) is 83.1 cm³/mol. The molecule has 116 valence electrons. The summed E-state index contributed by atoms with van der Waals surface area (Å²) in [6, 6.07) is 6.24. The maximum atomic E-state index is 12.2. The SMILES string of the molecule is CC(C)CC(NC(=O)c1ccc(Br)cc1)C(O)CC(=O)O. The Hall–Kier alpha value is -1.40. The fourth-order valence-corrected chi connectivity index (χ4v) is 2.26. The van der Waals surface area contributed by atoms with Gasteiger partial charge in [-0.2, -0.15) is 0 Å². The third kappa shape index (κ3) is 6.27. The van der Waals surface area contributed by atoms with E-state index >= 15 is 0 Å². The second kappa shape index (κ2) is 8.14. The maximum Gasteiger partial charge on any atom is 0.306 e. The van der Waals surface area contributed by atoms with Crippen LogP contribution in [0.25, 0.3) is 0 Å². The number of carbonyl (C=O) groups excluding carboxylic acids is 1. The summed E-state index contributed by atoms with van der Waals surface area (Å²) in [6.07, 6.45) is -0.987. The molecule has 21 heavy (non-hydrogen) atoms. The normalized spacial score (nSPS) is 13.8. The first-order chi connectivity index (χ1) is 9.79. The minimum atomic E-state index is -1.11. The molecule has 0 fully saturated rings. The summed E-state index contributed by atoms with van der Waals surface area (Å²) in [4.78, 5) is 22.9. The summed E-state index contributed by atoms with van der Waals surface area (Å²) in [5.74, 6) is -1.18. The predicted octanol–water partition coefficient (Wildman–Crippen LogP) is 2.43. The van der Waals surface area contributed by atoms with Crippen LogP contribution in [0.2, 0.25) is 0 Å². The number of carboxylic acids is 1. The number of hydrogen-bond donors (Lipinski definition) is 3. The quantitative estimate of drug-likeness (QED) is 0.699. The molecule has 1 amide bonds. The van der Waals surface area contributed by atoms with Gasteiger partial charge in [0.25, 0.3) is 5.91 Å². The van der Waals surface area contributed by atoms with Gasteiger partial charge in [-0.25, -0.2) is 0 Å². The fourth-order valence-electron chi connectivity index (χ4n) is 1.99. The zero-order valence-electron chi connectivity index (χ0n) is 12.0. The van der Waals surface area contributed by atoms with E-state index in [4.69, 9.17) is 5.11 Å². The zero-order chi connectivity index (χ0) is 16.0. The lowest BCUT2D eigenvalue weighted by Gasteiger charge is -2.25. The summed E-state index contributed by atoms with van der Waals surface area (Å²) in [5.41, 5.74) is 0.467. The number of aliphatic hydroxyl groups is 1. The van der Waals surface area contributed by atoms with Crippen LogP contribution in [0, 0.1) is 5.92 Å². The van der Waals surface area contributed by atoms with Crippen LogP contribution in [0.15, 0.2) is 28.7 Å². The van der Waals surface area contributed by atoms with Gasteiger partial charge in [-0.3, -0.25) is 9.59 Å². The molecule has 6 heteroatoms. The van der Waals surface area contributed by atoms with Crippen molar-refractivity contribution in [3.05, 3.63) is 34.3 Å². The highest BCUT2D eigenvalue weighted by molar-refractivity contribution is 9.10. The molecule has 0 spiro atoms. The molecule has 0 heterocycles. The number of aliphatic carboxylic acids is 1. The summed E-state index contributed by atoms with van der Waals surface area (Å²) < 4.78 is 0.865. The smallest absolute Gasteiger partial charge is 0.306 e. The Morgan fingerprint density at radius 2 is 1.81 bits per heavy atom. The molecular formula is C15H20BrNO4. The Morgan fingerprint density at radius 1 is 1.24 bits per heavy atom. The number of benzene rings is 1. The Balaban J connectivity index is 2.77. The molecule has 3 N–H and O–H groups in total. The molecule has 0 radical (unpaired) electrons. The molecule has 0 aliphatic carbocycles. The van der Waals surface area contributed by atoms with Crippen LogP contribution >= 0.6 is 15.9 Å². The van der Waals surface area contributed by atoms with Crippen molar-refractivity contribution < 1.29 is 19.8 Å². The van der Waals surface area contributed by atoms with E-state index in [2.05, 4.69) is 21.2 Å². The number of carbonyl (C=O) groups is 2. The van der Waals surface area contributed by atoms with Gasteiger partial charge in [-0.05, 0) is 36.6 Å². The minimum absolute atomic E-state index is 0.226. The van der Waals surface area contributed by atoms with Crippen molar-refractivity contribution in [2.75, 3.05) is 0 Å². The van der Waals surface area contributed by atoms with Crippen LogP contribution in [0.1, 0.15) is 37.0 Å². The van der Waals surface area contributed by atoms with E-state index in [1.54, 1.807) is 24.3 Å². The second-order valence-corrected chi connectivity index (χ2v) is 6.30. The van der Waals surface area contributed by atoms with E-state index in [0.29, 0.717) is 12.0 Å². The van der Waals surface area contributed by atoms with Gasteiger partial charge in [0.2, 0.25) is 0 Å². The molecule has 0 bridgehead atoms. The van der Waals surface area contributed by atoms with E-state index < -0.39 is 24.5 Å². The van der Waals surface area contributed by atoms with E-state index in [0.717, 1.165) is 4.47 Å². The van der Waals surface area contributed by atoms with Crippen molar-refractivity contribution in [1.29, 1.82) is 0 Å². The van der Waals surface area contributed by atoms with Crippen molar-refractivity contribution in [1.82, 2.24) is 5.32 Å². The molecular weight excluding hydrogens is 338 g/mol. The van der Waals surface area contributed by atoms with E-state index in [-0.39, 0.29) is 11.8 Å². The molecule has 0 saturated heterocycles. The first-order valence-corrected chi connectivity index (χ1v) is 7.55. The molecule has 0 aliphatic heterocycles. The van der Waals surface area contributed by atoms with Gasteiger partial charge in [0, 0.05) is 10.0 Å². The second-order valence-electron chi connectivity index (χ2n) is 5.38. The van der Waals surface area contributed by atoms with Crippen molar-refractivity contribution in [3.8, 4) is 0 Å². The molecule has 5 nitrogen and oxygen atoms in total. The third-order valence-corrected chi connectivity index (χ3v) is 3.53. The Labute approximate surface area is 132 Å². The number of hydrogen-bond acceptors (Lipinski definition) is 3. The average molecular weight is 358 g/mol. The topological polar surface area (TPSA) is 86.6 Å². The largest absolute Gasteiger partial charge is 0.481 e. The van der Waals surface area contributed by atoms with Gasteiger partial charge in [0.1, 0.15) is 0 Å². The van der Waals surface area contributed by atoms with Gasteiger partial charge < -0.3 is 15.5 Å². The molecule has 0 saturated carbocycles. The average Bonchev–Trinajstić information content (AvgIpc) is 2.37. The molecule has 2 atom stereocenters. The summed E-state index contributed by atoms with van der Waals surface area (Å²) >= 11 is 3.29. The van der Waals surface area contributed by atoms with E-state index in [1.165, 1.54) is 0 Å². The van der Waals surface area contributed by atoms with Gasteiger partial charge in [0.05, 0.1) is 18.6 Å². The molecule has 2 unspecified atom stereocenters. The van der Waals surface area contributed by atoms with E-state index in [1.807, 2.05) is 13.8 Å². The van der Waals surface area contributed by atoms with Gasteiger partial charge in [-0.1, -0.05) is 29.8 Å². The van der Waals surface area contributed by atoms with Gasteiger partial charge in [-0.15, -0.1) is 0 Å². The monoisotopic (exact) mass is 357 g/mol. The van der Waals surface area contributed by atoms with Crippen molar-refractivity contribution in [2.45, 2.75) is 38.8 Å². The number of amides is 1. The zero-order valence-corrected chi connectivity index (χ0v) is 13.6. The van der Waals surface area contributed by atoms with Crippen LogP contribution in [-0.4, -0.2) is 34.2 Å². The van der Waals surface area contributed by atoms with Gasteiger partial charge in [0.15, 0.2) is 0 Å². The molecule has 1 aromatic rings. The molecule has 1 aromatic carbocycles. The highest BCUT2D eigenvalue weighted by Gasteiger charge is 2.24. The van der Waals surface area contributed by atoms with Crippen molar-refractivity contribution >= 4 is 27.8 Å². The maximum absolute atomic E-state index is 12.2. The van der Waals surface area contributed by atoms with Crippen molar-refractivity contribution in [2.24, 2.45) is 5.92 Å². The number of rotatable bonds is 7. The van der Waals surface area contributed by atoms with Crippen LogP contribution < -0.4 is 5.32 Å². The Kier molecular flexibility index (Phi) is 6.84. The molecule has 0 aromatic heterocycles. The lowest BCUT2D eigenvalue weighted by molar-refractivity contribution is -0.139. The highest BCUT2D eigenvalue weighted by atomic mass is 79.9. The van der Waals surface area contributed by atoms with Crippen molar-refractivity contribution in [3.63, 3.8) is 0 Å². The molecule has 0 aliphatic rings. The lowest BCUT2D eigenvalue weighted by atomic mass is 9.97. The standard InChI is InChI=1S/C15H20BrNO4/c1-9(2)7-12(13(18)8-14(19)20)17-15(21)10-3-5-11(16)6-4-10/h3-6,9,12-13,18H,7-8H2,1-2H3,(H,17,21)(H,19,20). The van der Waals surface area contributed by atoms with Crippen LogP contribution in [-0.2, 0) is 4.79 Å². The number of aliphatic hydroxyl groups excluding tert-OH is 1. The Bertz CT molecular complexity index is 487. The highest BCUT2D eigenvalue weighted by Crippen LogP contribution is 2.14. The third-order valence-electron chi connectivity index (χ3n) is 3.00. The summed E-state index contributed by atoms with van der Waals surface area (Å²) in [6.45, 7) is 3.90. The first-order valence-electron chi connectivity index (χ1n) is 6.76. The number of halogens is 1. The van der Waals surface area contributed by atoms with Crippen LogP contribution in [0.5, 0.6) is 0 Å². The summed E-state index contributed by atoms with van der Waals surface area (Å²) in [5, 5.41) is 21.5. The van der Waals surface area contributed by atoms with Gasteiger partial charge >= 0.3 is 5.97 Å². The number of carboxylic acid groups (broad SMARTS) is 1. The minimum Gasteiger partial charge on any atom is -0.481 e. The van der Waals surface area contributed by atoms with Crippen LogP contribution in [0.4, 0.5) is 0 Å². The lowest BCUT2D eigenvalue weighted by Crippen LogP contribution is -2.45. The molecule has 1 rings (SSSR count). The fraction of sp³-hybridized carbons (Fsp3) is 0.467. The van der Waals surface area contributed by atoms with E-state index in [9.17, 15) is 14.7 Å². The first kappa shape index (κ1) is 17.7.